The number of thioether (sulfide) groups is 1. The van der Waals surface area contributed by atoms with Crippen molar-refractivity contribution in [1.82, 2.24) is 15.1 Å². The van der Waals surface area contributed by atoms with Crippen molar-refractivity contribution in [1.29, 1.82) is 5.26 Å². The highest BCUT2D eigenvalue weighted by Crippen LogP contribution is 2.08. The Morgan fingerprint density at radius 3 is 3.08 bits per heavy atom. The van der Waals surface area contributed by atoms with Gasteiger partial charge in [0.15, 0.2) is 17.2 Å². The molecule has 1 aromatic heterocycles. The highest BCUT2D eigenvalue weighted by atomic mass is 32.2. The molecule has 0 aliphatic heterocycles. The molecule has 0 atom stereocenters. The first-order valence-electron chi connectivity index (χ1n) is 3.53. The molecule has 0 spiro atoms. The highest BCUT2D eigenvalue weighted by Gasteiger charge is 1.97. The number of amidine groups is 1. The zero-order chi connectivity index (χ0) is 9.68. The van der Waals surface area contributed by atoms with Crippen LogP contribution in [0.15, 0.2) is 17.3 Å². The highest BCUT2D eigenvalue weighted by molar-refractivity contribution is 8.13. The predicted octanol–water partition coefficient (Wildman–Crippen LogP) is 0.841. The molecular weight excluding hydrogens is 186 g/mol. The molecule has 0 aliphatic rings. The summed E-state index contributed by atoms with van der Waals surface area (Å²) in [5.41, 5.74) is 0. The summed E-state index contributed by atoms with van der Waals surface area (Å²) in [5, 5.41) is 15.4. The predicted molar refractivity (Wildman–Crippen MR) is 52.6 cm³/mol. The molecule has 0 radical (unpaired) electrons. The first kappa shape index (κ1) is 9.61. The molecule has 13 heavy (non-hydrogen) atoms. The molecule has 1 N–H and O–H groups in total. The molecule has 0 bridgehead atoms. The Balaban J connectivity index is 2.79. The molecule has 0 saturated carbocycles. The maximum atomic E-state index is 8.37. The number of hydrogen-bond donors (Lipinski definition) is 1. The Morgan fingerprint density at radius 2 is 2.62 bits per heavy atom. The van der Waals surface area contributed by atoms with Gasteiger partial charge in [0.1, 0.15) is 0 Å². The van der Waals surface area contributed by atoms with Crippen LogP contribution >= 0.6 is 11.8 Å². The van der Waals surface area contributed by atoms with Crippen LogP contribution in [0.1, 0.15) is 0 Å². The average molecular weight is 195 g/mol. The number of aromatic nitrogens is 2. The van der Waals surface area contributed by atoms with E-state index >= 15 is 0 Å². The van der Waals surface area contributed by atoms with E-state index in [9.17, 15) is 0 Å². The van der Waals surface area contributed by atoms with Crippen molar-refractivity contribution in [3.63, 3.8) is 0 Å². The normalized spacial score (nSPS) is 11.0. The number of nitrogens with zero attached hydrogens (tertiary/aromatic N) is 4. The van der Waals surface area contributed by atoms with Crippen LogP contribution in [-0.4, -0.2) is 21.2 Å². The van der Waals surface area contributed by atoms with Crippen LogP contribution in [0.4, 0.5) is 5.82 Å². The zero-order valence-corrected chi connectivity index (χ0v) is 8.17. The quantitative estimate of drug-likeness (QED) is 0.312. The summed E-state index contributed by atoms with van der Waals surface area (Å²) >= 11 is 1.37. The van der Waals surface area contributed by atoms with Crippen LogP contribution in [0.25, 0.3) is 0 Å². The van der Waals surface area contributed by atoms with Gasteiger partial charge in [0.2, 0.25) is 0 Å². The largest absolute Gasteiger partial charge is 0.274 e. The summed E-state index contributed by atoms with van der Waals surface area (Å²) in [6.45, 7) is 0. The Labute approximate surface area is 80.5 Å². The number of rotatable bonds is 1. The van der Waals surface area contributed by atoms with E-state index in [4.69, 9.17) is 5.26 Å². The van der Waals surface area contributed by atoms with Gasteiger partial charge in [-0.05, 0) is 6.26 Å². The smallest absolute Gasteiger partial charge is 0.183 e. The van der Waals surface area contributed by atoms with Crippen molar-refractivity contribution >= 4 is 22.7 Å². The first-order chi connectivity index (χ1) is 6.26. The minimum atomic E-state index is 0.543. The zero-order valence-electron chi connectivity index (χ0n) is 7.35. The molecule has 0 unspecified atom stereocenters. The van der Waals surface area contributed by atoms with Crippen molar-refractivity contribution in [3.05, 3.63) is 12.3 Å². The maximum absolute atomic E-state index is 8.37. The molecule has 6 heteroatoms. The second-order valence-electron chi connectivity index (χ2n) is 2.21. The van der Waals surface area contributed by atoms with Gasteiger partial charge in [-0.25, -0.2) is 4.99 Å². The summed E-state index contributed by atoms with van der Waals surface area (Å²) in [4.78, 5) is 4.10. The van der Waals surface area contributed by atoms with Crippen LogP contribution < -0.4 is 5.32 Å². The third-order valence-corrected chi connectivity index (χ3v) is 1.85. The van der Waals surface area contributed by atoms with E-state index in [0.29, 0.717) is 11.0 Å². The fourth-order valence-electron chi connectivity index (χ4n) is 0.739. The average Bonchev–Trinajstić information content (AvgIpc) is 2.50. The minimum Gasteiger partial charge on any atom is -0.274 e. The molecule has 1 rings (SSSR count). The van der Waals surface area contributed by atoms with Gasteiger partial charge in [-0.15, -0.1) is 0 Å². The summed E-state index contributed by atoms with van der Waals surface area (Å²) in [6, 6.07) is 1.77. The SMILES string of the molecule is CSC(=Nc1ccn(C)n1)NC#N. The fraction of sp³-hybridized carbons (Fsp3) is 0.286. The molecule has 0 amide bonds. The van der Waals surface area contributed by atoms with Crippen molar-refractivity contribution < 1.29 is 0 Å². The molecule has 0 fully saturated rings. The van der Waals surface area contributed by atoms with Gasteiger partial charge in [0.05, 0.1) is 0 Å². The van der Waals surface area contributed by atoms with Crippen LogP contribution in [-0.2, 0) is 7.05 Å². The van der Waals surface area contributed by atoms with Gasteiger partial charge >= 0.3 is 0 Å². The molecule has 5 nitrogen and oxygen atoms in total. The molecule has 1 heterocycles. The minimum absolute atomic E-state index is 0.543. The van der Waals surface area contributed by atoms with Gasteiger partial charge in [-0.3, -0.25) is 10.00 Å². The second-order valence-corrected chi connectivity index (χ2v) is 3.00. The topological polar surface area (TPSA) is 66.0 Å². The van der Waals surface area contributed by atoms with Gasteiger partial charge in [0, 0.05) is 19.3 Å². The Kier molecular flexibility index (Phi) is 3.34. The first-order valence-corrected chi connectivity index (χ1v) is 4.76. The number of hydrogen-bond acceptors (Lipinski definition) is 4. The number of nitrogens with one attached hydrogen (secondary N) is 1. The van der Waals surface area contributed by atoms with Crippen molar-refractivity contribution in [2.45, 2.75) is 0 Å². The van der Waals surface area contributed by atoms with Gasteiger partial charge in [-0.1, -0.05) is 11.8 Å². The lowest BCUT2D eigenvalue weighted by Gasteiger charge is -1.95. The summed E-state index contributed by atoms with van der Waals surface area (Å²) in [6.07, 6.45) is 5.44. The number of aliphatic imine (C=N–C) groups is 1. The standard InChI is InChI=1S/C7H9N5S/c1-12-4-3-6(11-12)10-7(13-2)9-5-8/h3-4H,1-2H3,(H,9,10,11). The van der Waals surface area contributed by atoms with Gasteiger partial charge < -0.3 is 0 Å². The number of aryl methyl sites for hydroxylation is 1. The van der Waals surface area contributed by atoms with E-state index in [1.807, 2.05) is 19.5 Å². The Bertz CT molecular complexity index is 348. The lowest BCUT2D eigenvalue weighted by Crippen LogP contribution is -2.12. The summed E-state index contributed by atoms with van der Waals surface area (Å²) in [7, 11) is 1.81. The maximum Gasteiger partial charge on any atom is 0.183 e. The molecule has 0 aromatic carbocycles. The van der Waals surface area contributed by atoms with E-state index < -0.39 is 0 Å². The van der Waals surface area contributed by atoms with Crippen LogP contribution in [0.2, 0.25) is 0 Å². The van der Waals surface area contributed by atoms with E-state index in [2.05, 4.69) is 15.4 Å². The monoisotopic (exact) mass is 195 g/mol. The molecule has 68 valence electrons. The van der Waals surface area contributed by atoms with Crippen LogP contribution in [0, 0.1) is 11.5 Å². The van der Waals surface area contributed by atoms with Crippen molar-refractivity contribution in [2.24, 2.45) is 12.0 Å². The number of nitriles is 1. The van der Waals surface area contributed by atoms with Crippen LogP contribution in [0.3, 0.4) is 0 Å². The van der Waals surface area contributed by atoms with Crippen molar-refractivity contribution in [2.75, 3.05) is 6.26 Å². The van der Waals surface area contributed by atoms with Crippen molar-refractivity contribution in [3.8, 4) is 6.19 Å². The van der Waals surface area contributed by atoms with E-state index in [1.165, 1.54) is 11.8 Å². The second kappa shape index (κ2) is 4.52. The van der Waals surface area contributed by atoms with E-state index in [1.54, 1.807) is 16.9 Å². The lowest BCUT2D eigenvalue weighted by atomic mass is 10.7. The Hall–Kier alpha value is -1.48. The molecular formula is C7H9N5S. The van der Waals surface area contributed by atoms with Gasteiger partial charge in [-0.2, -0.15) is 10.4 Å². The molecule has 0 aliphatic carbocycles. The van der Waals surface area contributed by atoms with Gasteiger partial charge in [0.25, 0.3) is 0 Å². The summed E-state index contributed by atoms with van der Waals surface area (Å²) in [5.74, 6) is 0.592. The van der Waals surface area contributed by atoms with E-state index in [0.717, 1.165) is 0 Å². The van der Waals surface area contributed by atoms with E-state index in [-0.39, 0.29) is 0 Å². The molecule has 1 aromatic rings. The molecule has 0 saturated heterocycles. The fourth-order valence-corrected chi connectivity index (χ4v) is 1.07. The Morgan fingerprint density at radius 1 is 1.85 bits per heavy atom. The third-order valence-electron chi connectivity index (χ3n) is 1.27. The van der Waals surface area contributed by atoms with Crippen LogP contribution in [0.5, 0.6) is 0 Å². The lowest BCUT2D eigenvalue weighted by molar-refractivity contribution is 0.769. The third kappa shape index (κ3) is 2.80. The summed E-state index contributed by atoms with van der Waals surface area (Å²) < 4.78 is 1.66.